The lowest BCUT2D eigenvalue weighted by Crippen LogP contribution is -2.32. The second-order valence-electron chi connectivity index (χ2n) is 6.15. The lowest BCUT2D eigenvalue weighted by Gasteiger charge is -2.30. The van der Waals surface area contributed by atoms with E-state index in [9.17, 15) is 5.26 Å². The third kappa shape index (κ3) is 7.96. The van der Waals surface area contributed by atoms with Crippen molar-refractivity contribution in [1.29, 1.82) is 5.26 Å². The molecule has 0 aliphatic rings. The normalized spacial score (nSPS) is 14.8. The minimum atomic E-state index is -0.539. The van der Waals surface area contributed by atoms with Crippen LogP contribution in [0.1, 0.15) is 44.6 Å². The van der Waals surface area contributed by atoms with Gasteiger partial charge in [0.15, 0.2) is 0 Å². The Morgan fingerprint density at radius 3 is 2.64 bits per heavy atom. The molecule has 0 saturated carbocycles. The summed E-state index contributed by atoms with van der Waals surface area (Å²) in [7, 11) is 0. The van der Waals surface area contributed by atoms with Crippen LogP contribution in [0.3, 0.4) is 0 Å². The molecule has 0 bridgehead atoms. The summed E-state index contributed by atoms with van der Waals surface area (Å²) in [6.45, 7) is 4.50. The highest BCUT2D eigenvalue weighted by Crippen LogP contribution is 2.38. The van der Waals surface area contributed by atoms with Crippen LogP contribution >= 0.6 is 35.7 Å². The van der Waals surface area contributed by atoms with E-state index >= 15 is 0 Å². The Hall–Kier alpha value is -0.800. The zero-order chi connectivity index (χ0) is 18.5. The van der Waals surface area contributed by atoms with E-state index in [1.165, 1.54) is 5.56 Å². The van der Waals surface area contributed by atoms with Crippen LogP contribution in [0.2, 0.25) is 0 Å². The Kier molecular flexibility index (Phi) is 11.2. The lowest BCUT2D eigenvalue weighted by atomic mass is 9.72. The van der Waals surface area contributed by atoms with Crippen molar-refractivity contribution in [2.45, 2.75) is 39.0 Å². The largest absolute Gasteiger partial charge is 0.329 e. The summed E-state index contributed by atoms with van der Waals surface area (Å²) in [6, 6.07) is 12.7. The second kappa shape index (κ2) is 12.5. The molecule has 2 unspecified atom stereocenters. The number of thioether (sulfide) groups is 2. The van der Waals surface area contributed by atoms with Crippen LogP contribution in [-0.4, -0.2) is 21.6 Å². The van der Waals surface area contributed by atoms with Gasteiger partial charge in [-0.25, -0.2) is 0 Å². The van der Waals surface area contributed by atoms with Gasteiger partial charge in [-0.1, -0.05) is 61.6 Å². The van der Waals surface area contributed by atoms with Gasteiger partial charge in [-0.15, -0.1) is 23.5 Å². The molecule has 1 rings (SSSR count). The number of hydrogen-bond donors (Lipinski definition) is 1. The van der Waals surface area contributed by atoms with Crippen LogP contribution < -0.4 is 5.73 Å². The Labute approximate surface area is 166 Å². The van der Waals surface area contributed by atoms with Crippen molar-refractivity contribution in [3.63, 3.8) is 0 Å². The molecule has 0 fully saturated rings. The molecular formula is C20H28N2S3. The summed E-state index contributed by atoms with van der Waals surface area (Å²) in [5.41, 5.74) is 6.57. The maximum absolute atomic E-state index is 9.62. The molecule has 0 aliphatic carbocycles. The van der Waals surface area contributed by atoms with Crippen LogP contribution in [0.15, 0.2) is 42.5 Å². The Morgan fingerprint density at radius 1 is 1.32 bits per heavy atom. The third-order valence-electron chi connectivity index (χ3n) is 4.16. The van der Waals surface area contributed by atoms with Crippen LogP contribution in [0.5, 0.6) is 0 Å². The van der Waals surface area contributed by atoms with Gasteiger partial charge in [0.25, 0.3) is 0 Å². The fraction of sp³-hybridized carbons (Fsp3) is 0.500. The van der Waals surface area contributed by atoms with Gasteiger partial charge in [-0.3, -0.25) is 0 Å². The van der Waals surface area contributed by atoms with Crippen molar-refractivity contribution in [2.75, 3.05) is 18.1 Å². The van der Waals surface area contributed by atoms with Gasteiger partial charge in [0.05, 0.1) is 11.5 Å². The number of rotatable bonds is 10. The molecule has 2 atom stereocenters. The molecule has 0 radical (unpaired) electrons. The van der Waals surface area contributed by atoms with Crippen LogP contribution in [0.25, 0.3) is 0 Å². The first-order valence-electron chi connectivity index (χ1n) is 8.68. The molecule has 2 nitrogen and oxygen atoms in total. The molecule has 0 aliphatic heterocycles. The first kappa shape index (κ1) is 22.2. The fourth-order valence-electron chi connectivity index (χ4n) is 2.60. The highest BCUT2D eigenvalue weighted by atomic mass is 32.2. The summed E-state index contributed by atoms with van der Waals surface area (Å²) < 4.78 is 1.02. The van der Waals surface area contributed by atoms with E-state index in [-0.39, 0.29) is 5.92 Å². The lowest BCUT2D eigenvalue weighted by molar-refractivity contribution is 0.341. The fourth-order valence-corrected chi connectivity index (χ4v) is 4.58. The molecule has 0 amide bonds. The molecule has 25 heavy (non-hydrogen) atoms. The van der Waals surface area contributed by atoms with Crippen molar-refractivity contribution in [1.82, 2.24) is 0 Å². The summed E-state index contributed by atoms with van der Waals surface area (Å²) >= 11 is 8.81. The van der Waals surface area contributed by atoms with E-state index in [2.05, 4.69) is 37.3 Å². The Balaban J connectivity index is 2.56. The zero-order valence-electron chi connectivity index (χ0n) is 15.1. The van der Waals surface area contributed by atoms with Gasteiger partial charge in [0, 0.05) is 18.2 Å². The number of nitriles is 1. The second-order valence-corrected chi connectivity index (χ2v) is 9.47. The first-order valence-corrected chi connectivity index (χ1v) is 11.1. The number of hydrogen-bond acceptors (Lipinski definition) is 5. The molecular weight excluding hydrogens is 364 g/mol. The van der Waals surface area contributed by atoms with Gasteiger partial charge in [-0.05, 0) is 37.5 Å². The van der Waals surface area contributed by atoms with Crippen LogP contribution in [-0.2, 0) is 0 Å². The van der Waals surface area contributed by atoms with Crippen molar-refractivity contribution < 1.29 is 0 Å². The summed E-state index contributed by atoms with van der Waals surface area (Å²) in [5.74, 6) is 2.15. The topological polar surface area (TPSA) is 49.8 Å². The SMILES string of the molecule is CCCSC(=S)SC/C=C/CCC(c1ccccc1)C(C)(C#N)CN. The van der Waals surface area contributed by atoms with E-state index < -0.39 is 5.41 Å². The maximum Gasteiger partial charge on any atom is 0.104 e. The number of allylic oxidation sites excluding steroid dienone is 1. The van der Waals surface area contributed by atoms with Crippen molar-refractivity contribution in [3.05, 3.63) is 48.0 Å². The standard InChI is InChI=1S/C20H28N2S3/c1-3-13-24-19(23)25-14-9-5-8-12-18(20(2,15-21)16-22)17-10-6-4-7-11-17/h4-7,9-11,18H,3,8,12-15,21H2,1-2H3/b9-5+. The average molecular weight is 393 g/mol. The van der Waals surface area contributed by atoms with E-state index in [1.54, 1.807) is 23.5 Å². The number of thiocarbonyl (C=S) groups is 1. The summed E-state index contributed by atoms with van der Waals surface area (Å²) in [5, 5.41) is 9.62. The number of nitrogens with zero attached hydrogens (tertiary/aromatic N) is 1. The van der Waals surface area contributed by atoms with Crippen LogP contribution in [0, 0.1) is 16.7 Å². The van der Waals surface area contributed by atoms with E-state index in [1.807, 2.05) is 25.1 Å². The minimum Gasteiger partial charge on any atom is -0.329 e. The number of nitrogens with two attached hydrogens (primary N) is 1. The highest BCUT2D eigenvalue weighted by molar-refractivity contribution is 8.47. The van der Waals surface area contributed by atoms with Gasteiger partial charge >= 0.3 is 0 Å². The molecule has 0 spiro atoms. The monoisotopic (exact) mass is 392 g/mol. The quantitative estimate of drug-likeness (QED) is 0.405. The Morgan fingerprint density at radius 2 is 2.04 bits per heavy atom. The van der Waals surface area contributed by atoms with Gasteiger partial charge in [0.1, 0.15) is 3.53 Å². The van der Waals surface area contributed by atoms with Crippen molar-refractivity contribution >= 4 is 39.3 Å². The molecule has 5 heteroatoms. The van der Waals surface area contributed by atoms with Crippen molar-refractivity contribution in [3.8, 4) is 6.07 Å². The van der Waals surface area contributed by atoms with E-state index in [0.29, 0.717) is 6.54 Å². The molecule has 0 heterocycles. The molecule has 1 aromatic rings. The smallest absolute Gasteiger partial charge is 0.104 e. The van der Waals surface area contributed by atoms with Gasteiger partial charge in [0.2, 0.25) is 0 Å². The van der Waals surface area contributed by atoms with Crippen LogP contribution in [0.4, 0.5) is 0 Å². The molecule has 136 valence electrons. The van der Waals surface area contributed by atoms with Gasteiger partial charge in [-0.2, -0.15) is 5.26 Å². The zero-order valence-corrected chi connectivity index (χ0v) is 17.6. The third-order valence-corrected chi connectivity index (χ3v) is 7.02. The predicted octanol–water partition coefficient (Wildman–Crippen LogP) is 5.76. The highest BCUT2D eigenvalue weighted by Gasteiger charge is 2.33. The molecule has 0 aromatic heterocycles. The molecule has 0 saturated heterocycles. The maximum atomic E-state index is 9.62. The first-order chi connectivity index (χ1) is 12.1. The summed E-state index contributed by atoms with van der Waals surface area (Å²) in [6.07, 6.45) is 7.39. The average Bonchev–Trinajstić information content (AvgIpc) is 2.65. The minimum absolute atomic E-state index is 0.141. The van der Waals surface area contributed by atoms with E-state index in [0.717, 1.165) is 34.3 Å². The number of benzene rings is 1. The predicted molar refractivity (Wildman–Crippen MR) is 118 cm³/mol. The Bertz CT molecular complexity index is 580. The van der Waals surface area contributed by atoms with Gasteiger partial charge < -0.3 is 5.73 Å². The van der Waals surface area contributed by atoms with Crippen molar-refractivity contribution in [2.24, 2.45) is 11.1 Å². The molecule has 2 N–H and O–H groups in total. The molecule has 1 aromatic carbocycles. The summed E-state index contributed by atoms with van der Waals surface area (Å²) in [4.78, 5) is 0. The van der Waals surface area contributed by atoms with E-state index in [4.69, 9.17) is 18.0 Å².